The predicted octanol–water partition coefficient (Wildman–Crippen LogP) is 2.00. The van der Waals surface area contributed by atoms with Crippen molar-refractivity contribution in [3.63, 3.8) is 0 Å². The number of tetrazole rings is 1. The highest BCUT2D eigenvalue weighted by Gasteiger charge is 2.21. The Bertz CT molecular complexity index is 682. The molecule has 3 rings (SSSR count). The van der Waals surface area contributed by atoms with Crippen molar-refractivity contribution >= 4 is 5.91 Å². The molecule has 1 fully saturated rings. The summed E-state index contributed by atoms with van der Waals surface area (Å²) < 4.78 is 27.7. The second-order valence-electron chi connectivity index (χ2n) is 5.29. The molecule has 0 atom stereocenters. The lowest BCUT2D eigenvalue weighted by atomic mass is 10.2. The van der Waals surface area contributed by atoms with Gasteiger partial charge >= 0.3 is 0 Å². The van der Waals surface area contributed by atoms with Gasteiger partial charge in [0.15, 0.2) is 17.5 Å². The maximum atomic E-state index is 13.1. The van der Waals surface area contributed by atoms with Crippen LogP contribution in [0.5, 0.6) is 0 Å². The molecule has 0 aliphatic heterocycles. The lowest BCUT2D eigenvalue weighted by molar-refractivity contribution is 0.0948. The third kappa shape index (κ3) is 2.95. The van der Waals surface area contributed by atoms with Gasteiger partial charge in [0.25, 0.3) is 5.91 Å². The molecule has 116 valence electrons. The van der Waals surface area contributed by atoms with Crippen LogP contribution in [0.25, 0.3) is 0 Å². The van der Waals surface area contributed by atoms with E-state index >= 15 is 0 Å². The van der Waals surface area contributed by atoms with Crippen molar-refractivity contribution in [1.82, 2.24) is 25.5 Å². The third-order valence-electron chi connectivity index (χ3n) is 3.82. The van der Waals surface area contributed by atoms with E-state index in [-0.39, 0.29) is 18.2 Å². The van der Waals surface area contributed by atoms with E-state index in [1.165, 1.54) is 6.07 Å². The molecule has 1 aromatic carbocycles. The Balaban J connectivity index is 1.66. The monoisotopic (exact) mass is 307 g/mol. The van der Waals surface area contributed by atoms with Crippen molar-refractivity contribution in [2.75, 3.05) is 0 Å². The normalized spacial score (nSPS) is 15.2. The number of carbonyl (C=O) groups is 1. The van der Waals surface area contributed by atoms with Gasteiger partial charge in [0, 0.05) is 5.56 Å². The SMILES string of the molecule is O=C(NCc1nnnn1C1CCCC1)c1ccc(F)c(F)c1. The Morgan fingerprint density at radius 1 is 1.27 bits per heavy atom. The van der Waals surface area contributed by atoms with E-state index in [9.17, 15) is 13.6 Å². The summed E-state index contributed by atoms with van der Waals surface area (Å²) in [5.74, 6) is -1.98. The first kappa shape index (κ1) is 14.6. The summed E-state index contributed by atoms with van der Waals surface area (Å²) in [6, 6.07) is 3.29. The van der Waals surface area contributed by atoms with Crippen LogP contribution in [0.1, 0.15) is 47.9 Å². The zero-order valence-electron chi connectivity index (χ0n) is 11.8. The Morgan fingerprint density at radius 2 is 2.05 bits per heavy atom. The van der Waals surface area contributed by atoms with Gasteiger partial charge in [0.05, 0.1) is 12.6 Å². The van der Waals surface area contributed by atoms with Crippen LogP contribution in [0, 0.1) is 11.6 Å². The fraction of sp³-hybridized carbons (Fsp3) is 0.429. The van der Waals surface area contributed by atoms with E-state index in [0.717, 1.165) is 37.8 Å². The number of amides is 1. The molecule has 1 aromatic heterocycles. The molecule has 6 nitrogen and oxygen atoms in total. The molecule has 22 heavy (non-hydrogen) atoms. The van der Waals surface area contributed by atoms with Crippen molar-refractivity contribution in [1.29, 1.82) is 0 Å². The van der Waals surface area contributed by atoms with Crippen LogP contribution < -0.4 is 5.32 Å². The van der Waals surface area contributed by atoms with Gasteiger partial charge in [-0.1, -0.05) is 12.8 Å². The summed E-state index contributed by atoms with van der Waals surface area (Å²) in [7, 11) is 0. The minimum absolute atomic E-state index is 0.0544. The van der Waals surface area contributed by atoms with E-state index in [1.54, 1.807) is 4.68 Å². The number of hydrogen-bond donors (Lipinski definition) is 1. The summed E-state index contributed by atoms with van der Waals surface area (Å²) in [4.78, 5) is 12.0. The molecule has 0 radical (unpaired) electrons. The summed E-state index contributed by atoms with van der Waals surface area (Å²) >= 11 is 0. The summed E-state index contributed by atoms with van der Waals surface area (Å²) in [5, 5.41) is 14.1. The number of nitrogens with one attached hydrogen (secondary N) is 1. The minimum Gasteiger partial charge on any atom is -0.345 e. The van der Waals surface area contributed by atoms with Crippen LogP contribution >= 0.6 is 0 Å². The topological polar surface area (TPSA) is 72.7 Å². The number of hydrogen-bond acceptors (Lipinski definition) is 4. The molecule has 1 N–H and O–H groups in total. The molecule has 0 spiro atoms. The summed E-state index contributed by atoms with van der Waals surface area (Å²) in [5.41, 5.74) is 0.0544. The van der Waals surface area contributed by atoms with Gasteiger partial charge in [-0.05, 0) is 41.5 Å². The van der Waals surface area contributed by atoms with Gasteiger partial charge in [-0.15, -0.1) is 5.10 Å². The minimum atomic E-state index is -1.05. The average Bonchev–Trinajstić information content (AvgIpc) is 3.17. The second kappa shape index (κ2) is 6.17. The second-order valence-corrected chi connectivity index (χ2v) is 5.29. The zero-order valence-corrected chi connectivity index (χ0v) is 11.8. The fourth-order valence-corrected chi connectivity index (χ4v) is 2.66. The molecule has 0 bridgehead atoms. The zero-order chi connectivity index (χ0) is 15.5. The molecule has 1 aliphatic rings. The third-order valence-corrected chi connectivity index (χ3v) is 3.82. The Labute approximate surface area is 125 Å². The molecule has 8 heteroatoms. The molecule has 1 amide bonds. The van der Waals surface area contributed by atoms with Crippen LogP contribution in [0.15, 0.2) is 18.2 Å². The molecule has 1 saturated carbocycles. The van der Waals surface area contributed by atoms with E-state index in [1.807, 2.05) is 0 Å². The van der Waals surface area contributed by atoms with Crippen LogP contribution in [0.3, 0.4) is 0 Å². The largest absolute Gasteiger partial charge is 0.345 e. The van der Waals surface area contributed by atoms with Crippen LogP contribution in [-0.4, -0.2) is 26.1 Å². The first-order valence-electron chi connectivity index (χ1n) is 7.15. The maximum Gasteiger partial charge on any atom is 0.251 e. The van der Waals surface area contributed by atoms with Gasteiger partial charge in [-0.2, -0.15) is 0 Å². The first-order valence-corrected chi connectivity index (χ1v) is 7.15. The van der Waals surface area contributed by atoms with Crippen LogP contribution in [0.4, 0.5) is 8.78 Å². The first-order chi connectivity index (χ1) is 10.6. The molecular formula is C14H15F2N5O. The van der Waals surface area contributed by atoms with Crippen LogP contribution in [0.2, 0.25) is 0 Å². The van der Waals surface area contributed by atoms with Gasteiger partial charge in [0.1, 0.15) is 0 Å². The van der Waals surface area contributed by atoms with E-state index < -0.39 is 17.5 Å². The standard InChI is InChI=1S/C14H15F2N5O/c15-11-6-5-9(7-12(11)16)14(22)17-8-13-18-19-20-21(13)10-3-1-2-4-10/h5-7,10H,1-4,8H2,(H,17,22). The fourth-order valence-electron chi connectivity index (χ4n) is 2.66. The van der Waals surface area contributed by atoms with E-state index in [4.69, 9.17) is 0 Å². The van der Waals surface area contributed by atoms with E-state index in [2.05, 4.69) is 20.8 Å². The number of nitrogens with zero attached hydrogens (tertiary/aromatic N) is 4. The Morgan fingerprint density at radius 3 is 2.77 bits per heavy atom. The summed E-state index contributed by atoms with van der Waals surface area (Å²) in [6.45, 7) is 0.140. The number of aromatic nitrogens is 4. The molecule has 0 unspecified atom stereocenters. The number of halogens is 2. The molecule has 2 aromatic rings. The Hall–Kier alpha value is -2.38. The van der Waals surface area contributed by atoms with Gasteiger partial charge in [0.2, 0.25) is 0 Å². The lowest BCUT2D eigenvalue weighted by Crippen LogP contribution is -2.25. The van der Waals surface area contributed by atoms with Crippen molar-refractivity contribution < 1.29 is 13.6 Å². The number of benzene rings is 1. The maximum absolute atomic E-state index is 13.1. The van der Waals surface area contributed by atoms with Crippen molar-refractivity contribution in [2.45, 2.75) is 38.3 Å². The van der Waals surface area contributed by atoms with Gasteiger partial charge in [-0.25, -0.2) is 13.5 Å². The van der Waals surface area contributed by atoms with Gasteiger partial charge in [-0.3, -0.25) is 4.79 Å². The number of rotatable bonds is 4. The van der Waals surface area contributed by atoms with Crippen LogP contribution in [-0.2, 0) is 6.54 Å². The number of carbonyl (C=O) groups excluding carboxylic acids is 1. The van der Waals surface area contributed by atoms with Crippen molar-refractivity contribution in [3.05, 3.63) is 41.2 Å². The highest BCUT2D eigenvalue weighted by molar-refractivity contribution is 5.94. The van der Waals surface area contributed by atoms with Crippen molar-refractivity contribution in [2.24, 2.45) is 0 Å². The molecule has 0 saturated heterocycles. The predicted molar refractivity (Wildman–Crippen MR) is 72.9 cm³/mol. The molecule has 1 aliphatic carbocycles. The Kier molecular flexibility index (Phi) is 4.08. The summed E-state index contributed by atoms with van der Waals surface area (Å²) in [6.07, 6.45) is 4.33. The van der Waals surface area contributed by atoms with Crippen molar-refractivity contribution in [3.8, 4) is 0 Å². The highest BCUT2D eigenvalue weighted by atomic mass is 19.2. The van der Waals surface area contributed by atoms with E-state index in [0.29, 0.717) is 5.82 Å². The average molecular weight is 307 g/mol. The van der Waals surface area contributed by atoms with Gasteiger partial charge < -0.3 is 5.32 Å². The smallest absolute Gasteiger partial charge is 0.251 e. The molecular weight excluding hydrogens is 292 g/mol. The quantitative estimate of drug-likeness (QED) is 0.937. The highest BCUT2D eigenvalue weighted by Crippen LogP contribution is 2.28. The molecule has 1 heterocycles. The lowest BCUT2D eigenvalue weighted by Gasteiger charge is -2.11.